The van der Waals surface area contributed by atoms with E-state index in [-0.39, 0.29) is 6.92 Å². The summed E-state index contributed by atoms with van der Waals surface area (Å²) in [6.07, 6.45) is -10.6. The standard InChI is InChI=1S/C5H6F6/c1-5(10,11)3(7)2(6)4(8)9/h2-4H,1H3. The number of alkyl halides is 6. The fourth-order valence-electron chi connectivity index (χ4n) is 0.407. The molecule has 11 heavy (non-hydrogen) atoms. The maximum absolute atomic E-state index is 11.9. The summed E-state index contributed by atoms with van der Waals surface area (Å²) in [6.45, 7) is 0.0482. The highest BCUT2D eigenvalue weighted by molar-refractivity contribution is 4.80. The van der Waals surface area contributed by atoms with Crippen LogP contribution >= 0.6 is 0 Å². The molecule has 0 N–H and O–H groups in total. The molecule has 0 aromatic carbocycles. The van der Waals surface area contributed by atoms with E-state index in [1.165, 1.54) is 0 Å². The summed E-state index contributed by atoms with van der Waals surface area (Å²) in [4.78, 5) is 0. The van der Waals surface area contributed by atoms with E-state index in [9.17, 15) is 26.3 Å². The third-order valence-electron chi connectivity index (χ3n) is 1.00. The van der Waals surface area contributed by atoms with Gasteiger partial charge in [-0.2, -0.15) is 0 Å². The zero-order chi connectivity index (χ0) is 9.23. The molecule has 0 bridgehead atoms. The van der Waals surface area contributed by atoms with Crippen molar-refractivity contribution in [1.29, 1.82) is 0 Å². The Hall–Kier alpha value is -0.420. The van der Waals surface area contributed by atoms with Crippen molar-refractivity contribution in [2.45, 2.75) is 31.6 Å². The molecule has 0 aliphatic rings. The van der Waals surface area contributed by atoms with Crippen LogP contribution in [0.4, 0.5) is 26.3 Å². The van der Waals surface area contributed by atoms with Gasteiger partial charge in [-0.05, 0) is 0 Å². The van der Waals surface area contributed by atoms with Gasteiger partial charge >= 0.3 is 0 Å². The normalized spacial score (nSPS) is 18.5. The van der Waals surface area contributed by atoms with Gasteiger partial charge in [-0.15, -0.1) is 0 Å². The number of hydrogen-bond acceptors (Lipinski definition) is 0. The predicted molar refractivity (Wildman–Crippen MR) is 26.4 cm³/mol. The second kappa shape index (κ2) is 3.32. The van der Waals surface area contributed by atoms with Gasteiger partial charge in [-0.1, -0.05) is 0 Å². The average Bonchev–Trinajstić information content (AvgIpc) is 1.82. The van der Waals surface area contributed by atoms with E-state index in [4.69, 9.17) is 0 Å². The lowest BCUT2D eigenvalue weighted by Gasteiger charge is -2.18. The Labute approximate surface area is 59.2 Å². The molecule has 0 saturated heterocycles. The summed E-state index contributed by atoms with van der Waals surface area (Å²) in [5.74, 6) is -4.06. The molecule has 0 aromatic rings. The van der Waals surface area contributed by atoms with Crippen molar-refractivity contribution in [3.8, 4) is 0 Å². The summed E-state index contributed by atoms with van der Waals surface area (Å²) in [5.41, 5.74) is 0. The molecule has 0 rings (SSSR count). The van der Waals surface area contributed by atoms with E-state index in [0.29, 0.717) is 0 Å². The number of halogens is 6. The van der Waals surface area contributed by atoms with Crippen molar-refractivity contribution < 1.29 is 26.3 Å². The van der Waals surface area contributed by atoms with Crippen LogP contribution in [0.2, 0.25) is 0 Å². The topological polar surface area (TPSA) is 0 Å². The van der Waals surface area contributed by atoms with Gasteiger partial charge in [0.15, 0.2) is 12.3 Å². The van der Waals surface area contributed by atoms with Gasteiger partial charge in [0.1, 0.15) is 0 Å². The zero-order valence-corrected chi connectivity index (χ0v) is 5.50. The van der Waals surface area contributed by atoms with Crippen LogP contribution in [0.25, 0.3) is 0 Å². The Morgan fingerprint density at radius 2 is 1.36 bits per heavy atom. The molecule has 0 nitrogen and oxygen atoms in total. The smallest absolute Gasteiger partial charge is 0.238 e. The van der Waals surface area contributed by atoms with Crippen molar-refractivity contribution in [2.24, 2.45) is 0 Å². The number of hydrogen-bond donors (Lipinski definition) is 0. The van der Waals surface area contributed by atoms with Crippen molar-refractivity contribution in [3.05, 3.63) is 0 Å². The van der Waals surface area contributed by atoms with E-state index in [1.807, 2.05) is 0 Å². The molecule has 2 unspecified atom stereocenters. The van der Waals surface area contributed by atoms with E-state index in [2.05, 4.69) is 0 Å². The first-order valence-corrected chi connectivity index (χ1v) is 2.71. The molecule has 0 spiro atoms. The van der Waals surface area contributed by atoms with Crippen molar-refractivity contribution in [2.75, 3.05) is 0 Å². The Bertz CT molecular complexity index is 117. The van der Waals surface area contributed by atoms with Crippen molar-refractivity contribution in [3.63, 3.8) is 0 Å². The van der Waals surface area contributed by atoms with Crippen molar-refractivity contribution in [1.82, 2.24) is 0 Å². The summed E-state index contributed by atoms with van der Waals surface area (Å²) >= 11 is 0. The van der Waals surface area contributed by atoms with Gasteiger partial charge < -0.3 is 0 Å². The Morgan fingerprint density at radius 3 is 1.45 bits per heavy atom. The third kappa shape index (κ3) is 2.98. The van der Waals surface area contributed by atoms with Crippen LogP contribution in [0.3, 0.4) is 0 Å². The maximum atomic E-state index is 11.9. The van der Waals surface area contributed by atoms with Gasteiger partial charge in [-0.3, -0.25) is 0 Å². The molecule has 0 saturated carbocycles. The Morgan fingerprint density at radius 1 is 1.00 bits per heavy atom. The minimum atomic E-state index is -4.06. The highest BCUT2D eigenvalue weighted by Gasteiger charge is 2.45. The van der Waals surface area contributed by atoms with E-state index in [0.717, 1.165) is 0 Å². The van der Waals surface area contributed by atoms with Crippen LogP contribution in [0.15, 0.2) is 0 Å². The molecule has 0 fully saturated rings. The van der Waals surface area contributed by atoms with Crippen LogP contribution in [0.1, 0.15) is 6.92 Å². The minimum absolute atomic E-state index is 0.0482. The van der Waals surface area contributed by atoms with E-state index in [1.54, 1.807) is 0 Å². The molecule has 0 aliphatic carbocycles. The molecular weight excluding hydrogens is 174 g/mol. The molecule has 0 aliphatic heterocycles. The fourth-order valence-corrected chi connectivity index (χ4v) is 0.407. The monoisotopic (exact) mass is 180 g/mol. The molecule has 0 aromatic heterocycles. The van der Waals surface area contributed by atoms with Crippen LogP contribution in [0.5, 0.6) is 0 Å². The Kier molecular flexibility index (Phi) is 3.19. The third-order valence-corrected chi connectivity index (χ3v) is 1.00. The molecular formula is C5H6F6. The minimum Gasteiger partial charge on any atom is -0.238 e. The van der Waals surface area contributed by atoms with Gasteiger partial charge in [0, 0.05) is 6.92 Å². The average molecular weight is 180 g/mol. The van der Waals surface area contributed by atoms with E-state index < -0.39 is 24.7 Å². The van der Waals surface area contributed by atoms with Gasteiger partial charge in [0.25, 0.3) is 12.3 Å². The Balaban J connectivity index is 4.13. The second-order valence-electron chi connectivity index (χ2n) is 2.14. The van der Waals surface area contributed by atoms with Crippen LogP contribution in [-0.2, 0) is 0 Å². The lowest BCUT2D eigenvalue weighted by molar-refractivity contribution is -0.115. The molecule has 6 heteroatoms. The summed E-state index contributed by atoms with van der Waals surface area (Å²) in [7, 11) is 0. The summed E-state index contributed by atoms with van der Waals surface area (Å²) in [6, 6.07) is 0. The zero-order valence-electron chi connectivity index (χ0n) is 5.50. The van der Waals surface area contributed by atoms with Gasteiger partial charge in [-0.25, -0.2) is 26.3 Å². The maximum Gasteiger partial charge on any atom is 0.279 e. The second-order valence-corrected chi connectivity index (χ2v) is 2.14. The number of rotatable bonds is 3. The SMILES string of the molecule is CC(F)(F)C(F)C(F)C(F)F. The van der Waals surface area contributed by atoms with Crippen LogP contribution in [0, 0.1) is 0 Å². The predicted octanol–water partition coefficient (Wildman–Crippen LogP) is 2.58. The quantitative estimate of drug-likeness (QED) is 0.585. The highest BCUT2D eigenvalue weighted by Crippen LogP contribution is 2.27. The first-order valence-electron chi connectivity index (χ1n) is 2.71. The van der Waals surface area contributed by atoms with Gasteiger partial charge in [0.05, 0.1) is 0 Å². The lowest BCUT2D eigenvalue weighted by Crippen LogP contribution is -2.38. The summed E-state index contributed by atoms with van der Waals surface area (Å²) < 4.78 is 69.8. The molecule has 0 radical (unpaired) electrons. The van der Waals surface area contributed by atoms with E-state index >= 15 is 0 Å². The first kappa shape index (κ1) is 10.6. The van der Waals surface area contributed by atoms with Crippen LogP contribution in [-0.4, -0.2) is 24.7 Å². The molecule has 2 atom stereocenters. The first-order chi connectivity index (χ1) is 4.76. The molecule has 68 valence electrons. The largest absolute Gasteiger partial charge is 0.279 e. The van der Waals surface area contributed by atoms with Crippen LogP contribution < -0.4 is 0 Å². The lowest BCUT2D eigenvalue weighted by atomic mass is 10.1. The molecule has 0 amide bonds. The fraction of sp³-hybridized carbons (Fsp3) is 1.00. The summed E-state index contributed by atoms with van der Waals surface area (Å²) in [5, 5.41) is 0. The highest BCUT2D eigenvalue weighted by atomic mass is 19.3. The van der Waals surface area contributed by atoms with Crippen molar-refractivity contribution >= 4 is 0 Å². The molecule has 0 heterocycles. The van der Waals surface area contributed by atoms with Gasteiger partial charge in [0.2, 0.25) is 0 Å².